The molecule has 0 spiro atoms. The number of carbonyl (C=O) groups excluding carboxylic acids is 1. The van der Waals surface area contributed by atoms with Crippen LogP contribution in [0.3, 0.4) is 0 Å². The average molecular weight is 646 g/mol. The predicted molar refractivity (Wildman–Crippen MR) is 154 cm³/mol. The van der Waals surface area contributed by atoms with E-state index >= 15 is 0 Å². The van der Waals surface area contributed by atoms with Crippen LogP contribution in [-0.2, 0) is 30.6 Å². The minimum Gasteiger partial charge on any atom is -0.290 e. The summed E-state index contributed by atoms with van der Waals surface area (Å²) in [6, 6.07) is 5.57. The molecule has 3 aliphatic rings. The number of aryl methyl sites for hydroxylation is 1. The third kappa shape index (κ3) is 5.24. The number of carbonyl (C=O) groups is 1. The van der Waals surface area contributed by atoms with Crippen LogP contribution in [-0.4, -0.2) is 56.4 Å². The largest absolute Gasteiger partial charge is 0.427 e. The zero-order chi connectivity index (χ0) is 30.8. The molecule has 230 valence electrons. The first-order valence-corrected chi connectivity index (χ1v) is 16.1. The Bertz CT molecular complexity index is 1790. The van der Waals surface area contributed by atoms with Gasteiger partial charge in [0.05, 0.1) is 29.2 Å². The van der Waals surface area contributed by atoms with Crippen LogP contribution >= 0.6 is 11.3 Å². The molecule has 7 rings (SSSR count). The van der Waals surface area contributed by atoms with Crippen molar-refractivity contribution in [2.75, 3.05) is 6.54 Å². The predicted octanol–water partition coefficient (Wildman–Crippen LogP) is 5.41. The minimum atomic E-state index is -4.62. The van der Waals surface area contributed by atoms with Crippen molar-refractivity contribution < 1.29 is 26.6 Å². The van der Waals surface area contributed by atoms with Gasteiger partial charge >= 0.3 is 6.18 Å². The van der Waals surface area contributed by atoms with E-state index in [9.17, 15) is 26.6 Å². The molecule has 2 saturated carbocycles. The van der Waals surface area contributed by atoms with E-state index in [2.05, 4.69) is 20.2 Å². The number of aromatic nitrogens is 6. The van der Waals surface area contributed by atoms with Crippen LogP contribution in [0.1, 0.15) is 58.0 Å². The van der Waals surface area contributed by atoms with Crippen molar-refractivity contribution >= 4 is 34.2 Å². The van der Waals surface area contributed by atoms with E-state index in [1.807, 2.05) is 10.4 Å². The maximum atomic E-state index is 14.4. The smallest absolute Gasteiger partial charge is 0.290 e. The van der Waals surface area contributed by atoms with Gasteiger partial charge in [-0.2, -0.15) is 18.3 Å². The van der Waals surface area contributed by atoms with Gasteiger partial charge in [-0.1, -0.05) is 5.57 Å². The van der Waals surface area contributed by atoms with Crippen LogP contribution in [0, 0.1) is 17.2 Å². The molecule has 44 heavy (non-hydrogen) atoms. The lowest BCUT2D eigenvalue weighted by Gasteiger charge is -2.46. The number of halogens is 4. The highest BCUT2D eigenvalue weighted by Crippen LogP contribution is 2.52. The molecule has 3 unspecified atom stereocenters. The second-order valence-corrected chi connectivity index (χ2v) is 14.0. The van der Waals surface area contributed by atoms with Crippen molar-refractivity contribution in [2.45, 2.75) is 55.9 Å². The van der Waals surface area contributed by atoms with Crippen molar-refractivity contribution in [3.63, 3.8) is 0 Å². The topological polar surface area (TPSA) is 98.8 Å². The number of ketones is 1. The summed E-state index contributed by atoms with van der Waals surface area (Å²) < 4.78 is 73.1. The Morgan fingerprint density at radius 2 is 1.93 bits per heavy atom. The van der Waals surface area contributed by atoms with Crippen molar-refractivity contribution in [1.82, 2.24) is 33.8 Å². The number of benzene rings is 1. The lowest BCUT2D eigenvalue weighted by molar-refractivity contribution is -0.134. The van der Waals surface area contributed by atoms with Crippen LogP contribution in [0.2, 0.25) is 0 Å². The normalized spacial score (nSPS) is 22.4. The number of hydrogen-bond acceptors (Lipinski definition) is 7. The molecule has 0 aliphatic heterocycles. The Kier molecular flexibility index (Phi) is 7.16. The SMILES string of the molecule is Cn1cnc(S(=O)N(CC2CC2)C2CCC3=Cc4c(cnn4-c4ccc(F)cc4)CC3(C(=O)c3ncc(C(F)(F)F)s3)C2)n1. The molecule has 0 amide bonds. The number of fused-ring (bicyclic) bond motifs is 2. The Morgan fingerprint density at radius 3 is 2.59 bits per heavy atom. The molecule has 0 radical (unpaired) electrons. The van der Waals surface area contributed by atoms with Gasteiger partial charge in [0.1, 0.15) is 17.0 Å². The van der Waals surface area contributed by atoms with Crippen LogP contribution in [0.15, 0.2) is 53.7 Å². The van der Waals surface area contributed by atoms with Crippen molar-refractivity contribution in [3.05, 3.63) is 75.5 Å². The number of nitrogens with zero attached hydrogens (tertiary/aromatic N) is 7. The maximum Gasteiger partial charge on any atom is 0.427 e. The van der Waals surface area contributed by atoms with E-state index in [-0.39, 0.29) is 34.9 Å². The first-order valence-electron chi connectivity index (χ1n) is 14.2. The summed E-state index contributed by atoms with van der Waals surface area (Å²) in [5, 5.41) is 8.76. The summed E-state index contributed by atoms with van der Waals surface area (Å²) in [4.78, 5) is 21.6. The van der Waals surface area contributed by atoms with E-state index < -0.39 is 33.2 Å². The van der Waals surface area contributed by atoms with Crippen LogP contribution in [0.5, 0.6) is 0 Å². The molecule has 3 aromatic heterocycles. The fourth-order valence-corrected chi connectivity index (χ4v) is 8.41. The van der Waals surface area contributed by atoms with Gasteiger partial charge in [0, 0.05) is 19.6 Å². The van der Waals surface area contributed by atoms with Crippen molar-refractivity contribution in [2.24, 2.45) is 18.4 Å². The molecule has 3 heterocycles. The average Bonchev–Trinajstić information content (AvgIpc) is 3.33. The first kappa shape index (κ1) is 29.2. The Labute approximate surface area is 256 Å². The summed E-state index contributed by atoms with van der Waals surface area (Å²) in [6.45, 7) is 0.544. The Morgan fingerprint density at radius 1 is 1.16 bits per heavy atom. The molecular formula is C29H27F4N7O2S2. The molecule has 3 aliphatic carbocycles. The summed E-state index contributed by atoms with van der Waals surface area (Å²) in [6.07, 6.45) is 4.60. The molecule has 15 heteroatoms. The van der Waals surface area contributed by atoms with Gasteiger partial charge < -0.3 is 0 Å². The van der Waals surface area contributed by atoms with Gasteiger partial charge in [-0.05, 0) is 80.3 Å². The molecule has 0 N–H and O–H groups in total. The second kappa shape index (κ2) is 10.8. The van der Waals surface area contributed by atoms with Gasteiger partial charge in [-0.25, -0.2) is 27.6 Å². The number of Topliss-reactive ketones (excluding diaryl/α,β-unsaturated/α-hetero) is 1. The van der Waals surface area contributed by atoms with E-state index in [0.29, 0.717) is 48.5 Å². The van der Waals surface area contributed by atoms with E-state index in [1.54, 1.807) is 30.1 Å². The van der Waals surface area contributed by atoms with Crippen LogP contribution in [0.25, 0.3) is 11.8 Å². The van der Waals surface area contributed by atoms with Crippen molar-refractivity contribution in [1.29, 1.82) is 0 Å². The second-order valence-electron chi connectivity index (χ2n) is 11.6. The number of rotatable bonds is 8. The minimum absolute atomic E-state index is 0.177. The van der Waals surface area contributed by atoms with Gasteiger partial charge in [0.15, 0.2) is 16.0 Å². The van der Waals surface area contributed by atoms with E-state index in [4.69, 9.17) is 0 Å². The lowest BCUT2D eigenvalue weighted by Crippen LogP contribution is -2.50. The fraction of sp³-hybridized carbons (Fsp3) is 0.414. The van der Waals surface area contributed by atoms with Crippen LogP contribution in [0.4, 0.5) is 17.6 Å². The fourth-order valence-electron chi connectivity index (χ4n) is 6.24. The maximum absolute atomic E-state index is 14.4. The standard InChI is InChI=1S/C29H27F4N7O2S2/c1-38-16-35-27(37-38)44(42)39(15-17-2-3-17)22-7-4-19-10-23-18(13-36-40(23)21-8-5-20(30)6-9-21)11-28(19,12-22)25(41)26-34-14-24(43-26)29(31,32)33/h5-6,8-10,13-14,16-17,22H,2-4,7,11-12,15H2,1H3. The van der Waals surface area contributed by atoms with Gasteiger partial charge in [-0.15, -0.1) is 16.4 Å². The van der Waals surface area contributed by atoms with Gasteiger partial charge in [0.2, 0.25) is 5.78 Å². The monoisotopic (exact) mass is 645 g/mol. The quantitative estimate of drug-likeness (QED) is 0.188. The first-order chi connectivity index (χ1) is 21.0. The van der Waals surface area contributed by atoms with E-state index in [1.165, 1.54) is 23.1 Å². The number of alkyl halides is 3. The van der Waals surface area contributed by atoms with Crippen LogP contribution < -0.4 is 0 Å². The van der Waals surface area contributed by atoms with Gasteiger partial charge in [0.25, 0.3) is 5.16 Å². The van der Waals surface area contributed by atoms with E-state index in [0.717, 1.165) is 29.7 Å². The number of thiazole rings is 1. The third-order valence-corrected chi connectivity index (χ3v) is 11.0. The molecular weight excluding hydrogens is 618 g/mol. The lowest BCUT2D eigenvalue weighted by atomic mass is 9.61. The highest BCUT2D eigenvalue weighted by Gasteiger charge is 2.52. The van der Waals surface area contributed by atoms with Gasteiger partial charge in [-0.3, -0.25) is 9.48 Å². The molecule has 2 fully saturated rings. The summed E-state index contributed by atoms with van der Waals surface area (Å²) in [5.74, 6) is -0.500. The third-order valence-electron chi connectivity index (χ3n) is 8.61. The zero-order valence-electron chi connectivity index (χ0n) is 23.5. The molecule has 4 aromatic rings. The molecule has 9 nitrogen and oxygen atoms in total. The number of allylic oxidation sites excluding steroid dienone is 1. The molecule has 1 aromatic carbocycles. The molecule has 0 saturated heterocycles. The highest BCUT2D eigenvalue weighted by molar-refractivity contribution is 7.82. The molecule has 3 atom stereocenters. The molecule has 0 bridgehead atoms. The van der Waals surface area contributed by atoms with Crippen molar-refractivity contribution in [3.8, 4) is 5.69 Å². The summed E-state index contributed by atoms with van der Waals surface area (Å²) in [5.41, 5.74) is 1.67. The Balaban J connectivity index is 1.29. The summed E-state index contributed by atoms with van der Waals surface area (Å²) >= 11 is 0.347. The summed E-state index contributed by atoms with van der Waals surface area (Å²) in [7, 11) is 0.00215. The zero-order valence-corrected chi connectivity index (χ0v) is 25.1. The Hall–Kier alpha value is -3.56. The highest BCUT2D eigenvalue weighted by atomic mass is 32.2. The number of hydrogen-bond donors (Lipinski definition) is 0.